The average Bonchev–Trinajstić information content (AvgIpc) is 2.62. The van der Waals surface area contributed by atoms with E-state index in [-0.39, 0.29) is 0 Å². The van der Waals surface area contributed by atoms with Gasteiger partial charge in [-0.05, 0) is 48.9 Å². The van der Waals surface area contributed by atoms with Gasteiger partial charge in [0.05, 0.1) is 5.71 Å². The van der Waals surface area contributed by atoms with E-state index in [1.807, 2.05) is 19.1 Å². The molecule has 0 amide bonds. The second kappa shape index (κ2) is 4.05. The predicted octanol–water partition coefficient (Wildman–Crippen LogP) is 2.46. The Morgan fingerprint density at radius 2 is 1.93 bits per heavy atom. The summed E-state index contributed by atoms with van der Waals surface area (Å²) >= 11 is 0. The van der Waals surface area contributed by atoms with Crippen LogP contribution in [0.5, 0.6) is 0 Å². The van der Waals surface area contributed by atoms with E-state index >= 15 is 0 Å². The van der Waals surface area contributed by atoms with Gasteiger partial charge in [-0.1, -0.05) is 12.1 Å². The number of nitrogens with zero attached hydrogens (tertiary/aromatic N) is 2. The van der Waals surface area contributed by atoms with Gasteiger partial charge in [-0.3, -0.25) is 0 Å². The van der Waals surface area contributed by atoms with Crippen LogP contribution in [0.3, 0.4) is 0 Å². The maximum atomic E-state index is 4.42. The zero-order chi connectivity index (χ0) is 10.8. The molecule has 15 heavy (non-hydrogen) atoms. The fraction of sp³-hybridized carbons (Fsp3) is 0.462. The smallest absolute Gasteiger partial charge is 0.0646 e. The zero-order valence-corrected chi connectivity index (χ0v) is 9.75. The van der Waals surface area contributed by atoms with E-state index in [4.69, 9.17) is 0 Å². The predicted molar refractivity (Wildman–Crippen MR) is 64.4 cm³/mol. The summed E-state index contributed by atoms with van der Waals surface area (Å²) in [6.45, 7) is 2.07. The molecule has 0 unspecified atom stereocenters. The molecule has 2 nitrogen and oxygen atoms in total. The molecular formula is C13H18N2. The van der Waals surface area contributed by atoms with Crippen LogP contribution in [-0.4, -0.2) is 24.8 Å². The van der Waals surface area contributed by atoms with Crippen molar-refractivity contribution in [3.05, 3.63) is 34.9 Å². The number of hydrazone groups is 1. The van der Waals surface area contributed by atoms with E-state index in [1.54, 1.807) is 0 Å². The lowest BCUT2D eigenvalue weighted by molar-refractivity contribution is 0.438. The summed E-state index contributed by atoms with van der Waals surface area (Å²) in [5.41, 5.74) is 5.39. The summed E-state index contributed by atoms with van der Waals surface area (Å²) < 4.78 is 0. The van der Waals surface area contributed by atoms with Crippen LogP contribution < -0.4 is 0 Å². The number of aryl methyl sites for hydroxylation is 2. The quantitative estimate of drug-likeness (QED) is 0.531. The first kappa shape index (κ1) is 10.2. The molecule has 1 aromatic carbocycles. The third-order valence-electron chi connectivity index (χ3n) is 2.87. The standard InChI is InChI=1S/C13H18N2/c1-10(14-15(2)3)12-8-7-11-5-4-6-13(11)9-12/h7-9H,4-6H2,1-3H3/b14-10+. The van der Waals surface area contributed by atoms with Crippen LogP contribution in [0.25, 0.3) is 0 Å². The average molecular weight is 202 g/mol. The summed E-state index contributed by atoms with van der Waals surface area (Å²) in [5, 5.41) is 6.27. The highest BCUT2D eigenvalue weighted by Gasteiger charge is 2.11. The molecule has 1 aliphatic rings. The van der Waals surface area contributed by atoms with Crippen LogP contribution in [0.1, 0.15) is 30.0 Å². The van der Waals surface area contributed by atoms with E-state index in [0.29, 0.717) is 0 Å². The molecule has 0 saturated carbocycles. The Hall–Kier alpha value is -1.31. The first-order valence-electron chi connectivity index (χ1n) is 5.51. The van der Waals surface area contributed by atoms with Crippen molar-refractivity contribution in [3.8, 4) is 0 Å². The molecule has 0 heterocycles. The summed E-state index contributed by atoms with van der Waals surface area (Å²) in [4.78, 5) is 0. The Bertz CT molecular complexity index is 392. The van der Waals surface area contributed by atoms with Crippen molar-refractivity contribution < 1.29 is 0 Å². The molecule has 1 aromatic rings. The van der Waals surface area contributed by atoms with Gasteiger partial charge in [0.15, 0.2) is 0 Å². The van der Waals surface area contributed by atoms with Crippen LogP contribution in [0.15, 0.2) is 23.3 Å². The number of fused-ring (bicyclic) bond motifs is 1. The van der Waals surface area contributed by atoms with Crippen LogP contribution in [0, 0.1) is 0 Å². The third-order valence-corrected chi connectivity index (χ3v) is 2.87. The van der Waals surface area contributed by atoms with Gasteiger partial charge >= 0.3 is 0 Å². The Morgan fingerprint density at radius 1 is 1.20 bits per heavy atom. The molecule has 0 bridgehead atoms. The number of hydrogen-bond donors (Lipinski definition) is 0. The van der Waals surface area contributed by atoms with Gasteiger partial charge in [-0.15, -0.1) is 0 Å². The van der Waals surface area contributed by atoms with E-state index in [1.165, 1.54) is 36.0 Å². The molecule has 0 aliphatic heterocycles. The fourth-order valence-corrected chi connectivity index (χ4v) is 2.15. The summed E-state index contributed by atoms with van der Waals surface area (Å²) in [6, 6.07) is 6.74. The number of hydrogen-bond acceptors (Lipinski definition) is 2. The van der Waals surface area contributed by atoms with E-state index in [2.05, 4.69) is 30.2 Å². The van der Waals surface area contributed by atoms with E-state index in [9.17, 15) is 0 Å². The first-order chi connectivity index (χ1) is 7.16. The van der Waals surface area contributed by atoms with Gasteiger partial charge in [-0.2, -0.15) is 5.10 Å². The summed E-state index contributed by atoms with van der Waals surface area (Å²) in [6.07, 6.45) is 3.79. The minimum atomic E-state index is 1.09. The van der Waals surface area contributed by atoms with Crippen LogP contribution in [0.4, 0.5) is 0 Å². The maximum absolute atomic E-state index is 4.42. The lowest BCUT2D eigenvalue weighted by atomic mass is 10.0. The van der Waals surface area contributed by atoms with Crippen LogP contribution in [-0.2, 0) is 12.8 Å². The van der Waals surface area contributed by atoms with Gasteiger partial charge in [-0.25, -0.2) is 0 Å². The highest BCUT2D eigenvalue weighted by atomic mass is 15.4. The third kappa shape index (κ3) is 2.20. The molecule has 0 spiro atoms. The molecule has 0 fully saturated rings. The first-order valence-corrected chi connectivity index (χ1v) is 5.51. The maximum Gasteiger partial charge on any atom is 0.0646 e. The molecule has 0 radical (unpaired) electrons. The normalized spacial score (nSPS) is 15.3. The number of benzene rings is 1. The monoisotopic (exact) mass is 202 g/mol. The van der Waals surface area contributed by atoms with Gasteiger partial charge in [0.1, 0.15) is 0 Å². The highest BCUT2D eigenvalue weighted by Crippen LogP contribution is 2.23. The Labute approximate surface area is 91.6 Å². The van der Waals surface area contributed by atoms with Crippen molar-refractivity contribution >= 4 is 5.71 Å². The Morgan fingerprint density at radius 3 is 2.67 bits per heavy atom. The van der Waals surface area contributed by atoms with Crippen molar-refractivity contribution in [3.63, 3.8) is 0 Å². The largest absolute Gasteiger partial charge is 0.303 e. The molecule has 0 saturated heterocycles. The summed E-state index contributed by atoms with van der Waals surface area (Å²) in [5.74, 6) is 0. The van der Waals surface area contributed by atoms with Gasteiger partial charge < -0.3 is 5.01 Å². The molecule has 1 aliphatic carbocycles. The minimum Gasteiger partial charge on any atom is -0.303 e. The highest BCUT2D eigenvalue weighted by molar-refractivity contribution is 5.98. The van der Waals surface area contributed by atoms with E-state index < -0.39 is 0 Å². The molecule has 80 valence electrons. The van der Waals surface area contributed by atoms with Crippen LogP contribution in [0.2, 0.25) is 0 Å². The lowest BCUT2D eigenvalue weighted by Gasteiger charge is -2.08. The molecule has 0 atom stereocenters. The van der Waals surface area contributed by atoms with Crippen molar-refractivity contribution in [1.29, 1.82) is 0 Å². The SMILES string of the molecule is C/C(=N\N(C)C)c1ccc2c(c1)CCC2. The Balaban J connectivity index is 2.30. The van der Waals surface area contributed by atoms with Crippen molar-refractivity contribution in [2.24, 2.45) is 5.10 Å². The lowest BCUT2D eigenvalue weighted by Crippen LogP contribution is -2.07. The molecular weight excluding hydrogens is 184 g/mol. The van der Waals surface area contributed by atoms with Gasteiger partial charge in [0, 0.05) is 14.1 Å². The van der Waals surface area contributed by atoms with Crippen molar-refractivity contribution in [2.45, 2.75) is 26.2 Å². The summed E-state index contributed by atoms with van der Waals surface area (Å²) in [7, 11) is 3.91. The zero-order valence-electron chi connectivity index (χ0n) is 9.75. The minimum absolute atomic E-state index is 1.09. The van der Waals surface area contributed by atoms with Crippen molar-refractivity contribution in [1.82, 2.24) is 5.01 Å². The molecule has 2 heteroatoms. The van der Waals surface area contributed by atoms with Gasteiger partial charge in [0.25, 0.3) is 0 Å². The fourth-order valence-electron chi connectivity index (χ4n) is 2.15. The molecule has 0 aromatic heterocycles. The van der Waals surface area contributed by atoms with Crippen LogP contribution >= 0.6 is 0 Å². The number of rotatable bonds is 2. The molecule has 0 N–H and O–H groups in total. The second-order valence-electron chi connectivity index (χ2n) is 4.37. The van der Waals surface area contributed by atoms with Crippen molar-refractivity contribution in [2.75, 3.05) is 14.1 Å². The topological polar surface area (TPSA) is 15.6 Å². The van der Waals surface area contributed by atoms with E-state index in [0.717, 1.165) is 5.71 Å². The Kier molecular flexibility index (Phi) is 2.76. The molecule has 2 rings (SSSR count). The second-order valence-corrected chi connectivity index (χ2v) is 4.37. The van der Waals surface area contributed by atoms with Gasteiger partial charge in [0.2, 0.25) is 0 Å².